The summed E-state index contributed by atoms with van der Waals surface area (Å²) in [5.74, 6) is 1.95. The molecule has 66 valence electrons. The minimum Gasteiger partial charge on any atom is -0.390 e. The van der Waals surface area contributed by atoms with E-state index in [0.717, 1.165) is 18.3 Å². The highest BCUT2D eigenvalue weighted by molar-refractivity contribution is 4.91. The molecule has 0 saturated heterocycles. The van der Waals surface area contributed by atoms with E-state index in [0.29, 0.717) is 5.92 Å². The van der Waals surface area contributed by atoms with Crippen LogP contribution in [0, 0.1) is 17.8 Å². The van der Waals surface area contributed by atoms with Crippen LogP contribution in [0.5, 0.6) is 0 Å². The van der Waals surface area contributed by atoms with Gasteiger partial charge in [0.2, 0.25) is 0 Å². The Labute approximate surface area is 69.8 Å². The molecule has 0 aliphatic heterocycles. The van der Waals surface area contributed by atoms with Crippen LogP contribution in [-0.4, -0.2) is 10.7 Å². The highest BCUT2D eigenvalue weighted by Crippen LogP contribution is 2.42. The molecule has 1 N–H and O–H groups in total. The molecule has 1 aliphatic carbocycles. The van der Waals surface area contributed by atoms with Gasteiger partial charge in [0, 0.05) is 0 Å². The van der Waals surface area contributed by atoms with Crippen LogP contribution in [0.4, 0.5) is 0 Å². The van der Waals surface area contributed by atoms with Crippen molar-refractivity contribution < 1.29 is 5.11 Å². The highest BCUT2D eigenvalue weighted by Gasteiger charge is 2.40. The van der Waals surface area contributed by atoms with Crippen LogP contribution in [0.25, 0.3) is 0 Å². The molecule has 0 spiro atoms. The fourth-order valence-corrected chi connectivity index (χ4v) is 2.03. The Morgan fingerprint density at radius 2 is 2.00 bits per heavy atom. The number of hydrogen-bond acceptors (Lipinski definition) is 1. The van der Waals surface area contributed by atoms with Crippen LogP contribution in [0.15, 0.2) is 0 Å². The molecular weight excluding hydrogens is 136 g/mol. The van der Waals surface area contributed by atoms with E-state index in [4.69, 9.17) is 0 Å². The molecule has 1 rings (SSSR count). The monoisotopic (exact) mass is 156 g/mol. The Balaban J connectivity index is 2.57. The van der Waals surface area contributed by atoms with Crippen molar-refractivity contribution in [3.8, 4) is 0 Å². The van der Waals surface area contributed by atoms with Crippen molar-refractivity contribution in [3.05, 3.63) is 0 Å². The first kappa shape index (κ1) is 9.05. The molecule has 0 aromatic heterocycles. The first-order chi connectivity index (χ1) is 4.93. The zero-order chi connectivity index (χ0) is 8.65. The van der Waals surface area contributed by atoms with Gasteiger partial charge in [0.05, 0.1) is 5.60 Å². The molecule has 1 nitrogen and oxygen atoms in total. The fraction of sp³-hybridized carbons (Fsp3) is 1.00. The molecule has 1 heteroatoms. The second-order valence-corrected chi connectivity index (χ2v) is 4.70. The van der Waals surface area contributed by atoms with E-state index in [1.54, 1.807) is 0 Å². The van der Waals surface area contributed by atoms with E-state index in [9.17, 15) is 5.11 Å². The lowest BCUT2D eigenvalue weighted by Gasteiger charge is -2.21. The Kier molecular flexibility index (Phi) is 2.29. The van der Waals surface area contributed by atoms with Crippen LogP contribution >= 0.6 is 0 Å². The van der Waals surface area contributed by atoms with Gasteiger partial charge in [0.15, 0.2) is 0 Å². The smallest absolute Gasteiger partial charge is 0.0648 e. The molecule has 0 radical (unpaired) electrons. The van der Waals surface area contributed by atoms with Crippen LogP contribution in [0.2, 0.25) is 0 Å². The van der Waals surface area contributed by atoms with Crippen LogP contribution in [0.1, 0.15) is 40.5 Å². The third-order valence-electron chi connectivity index (χ3n) is 3.34. The zero-order valence-corrected chi connectivity index (χ0v) is 8.09. The van der Waals surface area contributed by atoms with Gasteiger partial charge < -0.3 is 5.11 Å². The van der Waals surface area contributed by atoms with Crippen LogP contribution in [-0.2, 0) is 0 Å². The van der Waals surface area contributed by atoms with E-state index < -0.39 is 5.60 Å². The van der Waals surface area contributed by atoms with Gasteiger partial charge in [-0.1, -0.05) is 20.8 Å². The largest absolute Gasteiger partial charge is 0.390 e. The fourth-order valence-electron chi connectivity index (χ4n) is 2.03. The van der Waals surface area contributed by atoms with Gasteiger partial charge >= 0.3 is 0 Å². The Morgan fingerprint density at radius 3 is 2.18 bits per heavy atom. The van der Waals surface area contributed by atoms with Gasteiger partial charge in [-0.05, 0) is 37.5 Å². The predicted molar refractivity (Wildman–Crippen MR) is 47.3 cm³/mol. The van der Waals surface area contributed by atoms with Crippen molar-refractivity contribution >= 4 is 0 Å². The minimum atomic E-state index is -0.394. The summed E-state index contributed by atoms with van der Waals surface area (Å²) in [4.78, 5) is 0. The van der Waals surface area contributed by atoms with E-state index in [-0.39, 0.29) is 0 Å². The Morgan fingerprint density at radius 1 is 1.45 bits per heavy atom. The number of aliphatic hydroxyl groups is 1. The van der Waals surface area contributed by atoms with Crippen molar-refractivity contribution in [2.24, 2.45) is 17.8 Å². The van der Waals surface area contributed by atoms with Gasteiger partial charge in [-0.25, -0.2) is 0 Å². The maximum absolute atomic E-state index is 9.88. The first-order valence-corrected chi connectivity index (χ1v) is 4.66. The average Bonchev–Trinajstić information content (AvgIpc) is 2.08. The summed E-state index contributed by atoms with van der Waals surface area (Å²) in [6.07, 6.45) is 2.19. The molecule has 11 heavy (non-hydrogen) atoms. The van der Waals surface area contributed by atoms with E-state index >= 15 is 0 Å². The summed E-state index contributed by atoms with van der Waals surface area (Å²) >= 11 is 0. The Bertz CT molecular complexity index is 138. The molecule has 3 atom stereocenters. The second-order valence-electron chi connectivity index (χ2n) is 4.70. The second kappa shape index (κ2) is 2.78. The zero-order valence-electron chi connectivity index (χ0n) is 8.09. The predicted octanol–water partition coefficient (Wildman–Crippen LogP) is 2.44. The summed E-state index contributed by atoms with van der Waals surface area (Å²) in [5.41, 5.74) is -0.394. The SMILES string of the molecule is CC(C)[C@@H]1C[C@H](C)[C@@](C)(O)C1. The quantitative estimate of drug-likeness (QED) is 0.618. The number of hydrogen-bond donors (Lipinski definition) is 1. The van der Waals surface area contributed by atoms with Crippen molar-refractivity contribution in [1.82, 2.24) is 0 Å². The van der Waals surface area contributed by atoms with Crippen LogP contribution in [0.3, 0.4) is 0 Å². The van der Waals surface area contributed by atoms with E-state index in [1.807, 2.05) is 6.92 Å². The van der Waals surface area contributed by atoms with E-state index in [2.05, 4.69) is 20.8 Å². The number of rotatable bonds is 1. The molecule has 0 aromatic carbocycles. The maximum atomic E-state index is 9.88. The molecular formula is C10H20O. The molecule has 1 fully saturated rings. The summed E-state index contributed by atoms with van der Waals surface area (Å²) in [7, 11) is 0. The molecule has 0 amide bonds. The topological polar surface area (TPSA) is 20.2 Å². The van der Waals surface area contributed by atoms with Crippen molar-refractivity contribution in [2.75, 3.05) is 0 Å². The van der Waals surface area contributed by atoms with Crippen LogP contribution < -0.4 is 0 Å². The van der Waals surface area contributed by atoms with Crippen molar-refractivity contribution in [2.45, 2.75) is 46.1 Å². The van der Waals surface area contributed by atoms with Gasteiger partial charge in [-0.2, -0.15) is 0 Å². The Hall–Kier alpha value is -0.0400. The van der Waals surface area contributed by atoms with Gasteiger partial charge in [0.1, 0.15) is 0 Å². The molecule has 0 unspecified atom stereocenters. The maximum Gasteiger partial charge on any atom is 0.0648 e. The first-order valence-electron chi connectivity index (χ1n) is 4.66. The van der Waals surface area contributed by atoms with Crippen molar-refractivity contribution in [1.29, 1.82) is 0 Å². The molecule has 0 aromatic rings. The molecule has 0 bridgehead atoms. The minimum absolute atomic E-state index is 0.394. The van der Waals surface area contributed by atoms with Gasteiger partial charge in [-0.15, -0.1) is 0 Å². The lowest BCUT2D eigenvalue weighted by atomic mass is 9.93. The summed E-state index contributed by atoms with van der Waals surface area (Å²) in [5, 5.41) is 9.88. The normalized spacial score (nSPS) is 45.3. The molecule has 1 saturated carbocycles. The average molecular weight is 156 g/mol. The lowest BCUT2D eigenvalue weighted by molar-refractivity contribution is 0.0250. The third-order valence-corrected chi connectivity index (χ3v) is 3.34. The van der Waals surface area contributed by atoms with Gasteiger partial charge in [0.25, 0.3) is 0 Å². The third kappa shape index (κ3) is 1.76. The summed E-state index contributed by atoms with van der Waals surface area (Å²) in [6, 6.07) is 0. The molecule has 0 heterocycles. The van der Waals surface area contributed by atoms with E-state index in [1.165, 1.54) is 6.42 Å². The summed E-state index contributed by atoms with van der Waals surface area (Å²) in [6.45, 7) is 8.62. The lowest BCUT2D eigenvalue weighted by Crippen LogP contribution is -2.26. The highest BCUT2D eigenvalue weighted by atomic mass is 16.3. The summed E-state index contributed by atoms with van der Waals surface area (Å²) < 4.78 is 0. The molecule has 1 aliphatic rings. The van der Waals surface area contributed by atoms with Crippen molar-refractivity contribution in [3.63, 3.8) is 0 Å². The van der Waals surface area contributed by atoms with Gasteiger partial charge in [-0.3, -0.25) is 0 Å². The standard InChI is InChI=1S/C10H20O/c1-7(2)9-5-8(3)10(4,11)6-9/h7-9,11H,5-6H2,1-4H3/t8-,9+,10-/m0/s1.